The van der Waals surface area contributed by atoms with Crippen molar-refractivity contribution in [1.82, 2.24) is 5.32 Å². The minimum absolute atomic E-state index is 0.0727. The molecule has 0 amide bonds. The van der Waals surface area contributed by atoms with Gasteiger partial charge in [-0.25, -0.2) is 0 Å². The molecule has 0 atom stereocenters. The summed E-state index contributed by atoms with van der Waals surface area (Å²) in [5, 5.41) is 11.3. The smallest absolute Gasteiger partial charge is 0.299 e. The van der Waals surface area contributed by atoms with Crippen LogP contribution in [0.1, 0.15) is 24.0 Å². The maximum Gasteiger partial charge on any atom is 0.406 e. The zero-order valence-corrected chi connectivity index (χ0v) is 9.01. The van der Waals surface area contributed by atoms with E-state index in [0.29, 0.717) is 11.1 Å². The first-order chi connectivity index (χ1) is 7.98. The normalized spacial score (nSPS) is 17.5. The Bertz CT molecular complexity index is 456. The van der Waals surface area contributed by atoms with Crippen LogP contribution in [0.5, 0.6) is 0 Å². The minimum atomic E-state index is -4.21. The van der Waals surface area contributed by atoms with Crippen molar-refractivity contribution in [3.05, 3.63) is 35.4 Å². The van der Waals surface area contributed by atoms with Crippen LogP contribution in [0.4, 0.5) is 13.2 Å². The second-order valence-corrected chi connectivity index (χ2v) is 4.20. The lowest BCUT2D eigenvalue weighted by Gasteiger charge is -2.21. The summed E-state index contributed by atoms with van der Waals surface area (Å²) in [6.45, 7) is 0.0727. The molecule has 0 aliphatic heterocycles. The molecule has 17 heavy (non-hydrogen) atoms. The van der Waals surface area contributed by atoms with Gasteiger partial charge in [0.2, 0.25) is 0 Å². The molecule has 90 valence electrons. The van der Waals surface area contributed by atoms with Crippen molar-refractivity contribution in [2.45, 2.75) is 31.1 Å². The molecule has 0 unspecified atom stereocenters. The molecule has 1 saturated carbocycles. The number of hydrogen-bond acceptors (Lipinski definition) is 2. The van der Waals surface area contributed by atoms with Crippen LogP contribution >= 0.6 is 0 Å². The zero-order valence-electron chi connectivity index (χ0n) is 9.01. The number of rotatable bonds is 3. The zero-order chi connectivity index (χ0) is 12.5. The van der Waals surface area contributed by atoms with Crippen molar-refractivity contribution in [1.29, 1.82) is 5.26 Å². The number of alkyl halides is 3. The standard InChI is InChI=1S/C12H11F3N2/c13-12(14,15)11(5-6-11)17-8-10-4-2-1-3-9(10)7-16/h1-4,17H,5-6,8H2. The molecule has 2 rings (SSSR count). The molecule has 1 aromatic rings. The molecular formula is C12H11F3N2. The molecule has 0 bridgehead atoms. The van der Waals surface area contributed by atoms with Gasteiger partial charge >= 0.3 is 6.18 Å². The lowest BCUT2D eigenvalue weighted by atomic mass is 10.1. The van der Waals surface area contributed by atoms with Crippen LogP contribution in [0.3, 0.4) is 0 Å². The van der Waals surface area contributed by atoms with E-state index in [1.807, 2.05) is 6.07 Å². The lowest BCUT2D eigenvalue weighted by Crippen LogP contribution is -2.44. The SMILES string of the molecule is N#Cc1ccccc1CNC1(C(F)(F)F)CC1. The van der Waals surface area contributed by atoms with E-state index in [2.05, 4.69) is 5.32 Å². The second kappa shape index (κ2) is 4.04. The average molecular weight is 240 g/mol. The molecular weight excluding hydrogens is 229 g/mol. The van der Waals surface area contributed by atoms with Crippen molar-refractivity contribution >= 4 is 0 Å². The van der Waals surface area contributed by atoms with Crippen LogP contribution < -0.4 is 5.32 Å². The van der Waals surface area contributed by atoms with E-state index in [4.69, 9.17) is 5.26 Å². The third kappa shape index (κ3) is 2.27. The first-order valence-corrected chi connectivity index (χ1v) is 5.28. The highest BCUT2D eigenvalue weighted by atomic mass is 19.4. The summed E-state index contributed by atoms with van der Waals surface area (Å²) in [4.78, 5) is 0. The van der Waals surface area contributed by atoms with Crippen LogP contribution in [0.15, 0.2) is 24.3 Å². The van der Waals surface area contributed by atoms with Gasteiger partial charge in [-0.1, -0.05) is 18.2 Å². The average Bonchev–Trinajstić information content (AvgIpc) is 3.07. The Morgan fingerprint density at radius 2 is 1.94 bits per heavy atom. The lowest BCUT2D eigenvalue weighted by molar-refractivity contribution is -0.166. The van der Waals surface area contributed by atoms with Crippen molar-refractivity contribution in [3.8, 4) is 6.07 Å². The highest BCUT2D eigenvalue weighted by Crippen LogP contribution is 2.49. The number of nitriles is 1. The van der Waals surface area contributed by atoms with Gasteiger partial charge in [0.1, 0.15) is 5.54 Å². The third-order valence-electron chi connectivity index (χ3n) is 3.05. The molecule has 5 heteroatoms. The van der Waals surface area contributed by atoms with E-state index in [-0.39, 0.29) is 19.4 Å². The van der Waals surface area contributed by atoms with Crippen LogP contribution in [0.25, 0.3) is 0 Å². The van der Waals surface area contributed by atoms with Crippen molar-refractivity contribution < 1.29 is 13.2 Å². The third-order valence-corrected chi connectivity index (χ3v) is 3.05. The molecule has 1 aliphatic carbocycles. The van der Waals surface area contributed by atoms with Crippen LogP contribution in [0, 0.1) is 11.3 Å². The predicted octanol–water partition coefficient (Wildman–Crippen LogP) is 2.74. The van der Waals surface area contributed by atoms with E-state index in [9.17, 15) is 13.2 Å². The van der Waals surface area contributed by atoms with Gasteiger partial charge in [-0.2, -0.15) is 18.4 Å². The Morgan fingerprint density at radius 1 is 1.29 bits per heavy atom. The minimum Gasteiger partial charge on any atom is -0.299 e. The fourth-order valence-electron chi connectivity index (χ4n) is 1.73. The first kappa shape index (κ1) is 11.9. The quantitative estimate of drug-likeness (QED) is 0.881. The number of nitrogens with one attached hydrogen (secondary N) is 1. The van der Waals surface area contributed by atoms with E-state index in [1.165, 1.54) is 0 Å². The number of benzene rings is 1. The molecule has 0 aromatic heterocycles. The number of nitrogens with zero attached hydrogens (tertiary/aromatic N) is 1. The Kier molecular flexibility index (Phi) is 2.84. The van der Waals surface area contributed by atoms with Gasteiger partial charge in [-0.05, 0) is 24.5 Å². The van der Waals surface area contributed by atoms with Crippen molar-refractivity contribution in [3.63, 3.8) is 0 Å². The van der Waals surface area contributed by atoms with Gasteiger partial charge in [-0.15, -0.1) is 0 Å². The molecule has 1 fully saturated rings. The summed E-state index contributed by atoms with van der Waals surface area (Å²) in [5.74, 6) is 0. The first-order valence-electron chi connectivity index (χ1n) is 5.28. The Labute approximate surface area is 97.1 Å². The number of hydrogen-bond donors (Lipinski definition) is 1. The molecule has 1 aliphatic rings. The highest BCUT2D eigenvalue weighted by molar-refractivity contribution is 5.37. The second-order valence-electron chi connectivity index (χ2n) is 4.20. The highest BCUT2D eigenvalue weighted by Gasteiger charge is 2.62. The monoisotopic (exact) mass is 240 g/mol. The molecule has 1 aromatic carbocycles. The van der Waals surface area contributed by atoms with Gasteiger partial charge < -0.3 is 0 Å². The molecule has 1 N–H and O–H groups in total. The van der Waals surface area contributed by atoms with Crippen LogP contribution in [-0.2, 0) is 6.54 Å². The Hall–Kier alpha value is -1.54. The van der Waals surface area contributed by atoms with E-state index >= 15 is 0 Å². The van der Waals surface area contributed by atoms with Crippen LogP contribution in [0.2, 0.25) is 0 Å². The molecule has 0 saturated heterocycles. The topological polar surface area (TPSA) is 35.8 Å². The van der Waals surface area contributed by atoms with Gasteiger partial charge in [-0.3, -0.25) is 5.32 Å². The summed E-state index contributed by atoms with van der Waals surface area (Å²) < 4.78 is 38.0. The number of halogens is 3. The van der Waals surface area contributed by atoms with Crippen molar-refractivity contribution in [2.24, 2.45) is 0 Å². The maximum absolute atomic E-state index is 12.7. The fourth-order valence-corrected chi connectivity index (χ4v) is 1.73. The molecule has 0 radical (unpaired) electrons. The summed E-state index contributed by atoms with van der Waals surface area (Å²) in [7, 11) is 0. The van der Waals surface area contributed by atoms with Gasteiger partial charge in [0.15, 0.2) is 0 Å². The largest absolute Gasteiger partial charge is 0.406 e. The summed E-state index contributed by atoms with van der Waals surface area (Å²) >= 11 is 0. The van der Waals surface area contributed by atoms with Crippen LogP contribution in [-0.4, -0.2) is 11.7 Å². The van der Waals surface area contributed by atoms with Gasteiger partial charge in [0, 0.05) is 6.54 Å². The van der Waals surface area contributed by atoms with E-state index in [0.717, 1.165) is 0 Å². The van der Waals surface area contributed by atoms with Gasteiger partial charge in [0.25, 0.3) is 0 Å². The molecule has 0 heterocycles. The Balaban J connectivity index is 2.07. The fraction of sp³-hybridized carbons (Fsp3) is 0.417. The summed E-state index contributed by atoms with van der Waals surface area (Å²) in [5.41, 5.74) is -0.709. The Morgan fingerprint density at radius 3 is 2.47 bits per heavy atom. The predicted molar refractivity (Wildman–Crippen MR) is 56.0 cm³/mol. The van der Waals surface area contributed by atoms with E-state index < -0.39 is 11.7 Å². The molecule has 2 nitrogen and oxygen atoms in total. The van der Waals surface area contributed by atoms with Gasteiger partial charge in [0.05, 0.1) is 11.6 Å². The summed E-state index contributed by atoms with van der Waals surface area (Å²) in [6, 6.07) is 8.64. The van der Waals surface area contributed by atoms with Crippen molar-refractivity contribution in [2.75, 3.05) is 0 Å². The molecule has 0 spiro atoms. The maximum atomic E-state index is 12.7. The summed E-state index contributed by atoms with van der Waals surface area (Å²) in [6.07, 6.45) is -3.98. The van der Waals surface area contributed by atoms with E-state index in [1.54, 1.807) is 24.3 Å².